The lowest BCUT2D eigenvalue weighted by atomic mass is 10.2. The maximum Gasteiger partial charge on any atom is 0.169 e. The van der Waals surface area contributed by atoms with E-state index in [1.807, 2.05) is 34.9 Å². The maximum absolute atomic E-state index is 4.43. The predicted octanol–water partition coefficient (Wildman–Crippen LogP) is 3.36. The van der Waals surface area contributed by atoms with Gasteiger partial charge in [-0.15, -0.1) is 0 Å². The minimum Gasteiger partial charge on any atom is -0.283 e. The van der Waals surface area contributed by atoms with Crippen LogP contribution in [0.15, 0.2) is 43.0 Å². The van der Waals surface area contributed by atoms with E-state index in [1.54, 1.807) is 12.7 Å². The second kappa shape index (κ2) is 6.19. The van der Waals surface area contributed by atoms with Crippen LogP contribution in [0.5, 0.6) is 0 Å². The summed E-state index contributed by atoms with van der Waals surface area (Å²) in [6.45, 7) is 2.16. The molecule has 0 radical (unpaired) electrons. The SMILES string of the molecule is CCCCC#Cc1ncnc2c1ncn2-c1ccccc1. The summed E-state index contributed by atoms with van der Waals surface area (Å²) in [7, 11) is 0. The van der Waals surface area contributed by atoms with E-state index in [9.17, 15) is 0 Å². The molecule has 104 valence electrons. The number of nitrogens with zero attached hydrogens (tertiary/aromatic N) is 4. The van der Waals surface area contributed by atoms with Crippen LogP contribution in [0.4, 0.5) is 0 Å². The molecule has 2 heterocycles. The van der Waals surface area contributed by atoms with Crippen LogP contribution in [0.2, 0.25) is 0 Å². The van der Waals surface area contributed by atoms with E-state index in [0.29, 0.717) is 5.69 Å². The van der Waals surface area contributed by atoms with Gasteiger partial charge < -0.3 is 0 Å². The number of benzene rings is 1. The van der Waals surface area contributed by atoms with Gasteiger partial charge in [-0.25, -0.2) is 15.0 Å². The molecule has 0 atom stereocenters. The first-order chi connectivity index (χ1) is 10.4. The van der Waals surface area contributed by atoms with Crippen molar-refractivity contribution < 1.29 is 0 Å². The summed E-state index contributed by atoms with van der Waals surface area (Å²) < 4.78 is 1.95. The molecule has 1 aromatic carbocycles. The number of imidazole rings is 1. The summed E-state index contributed by atoms with van der Waals surface area (Å²) in [5.74, 6) is 6.26. The summed E-state index contributed by atoms with van der Waals surface area (Å²) in [6.07, 6.45) is 6.47. The van der Waals surface area contributed by atoms with E-state index in [1.165, 1.54) is 0 Å². The summed E-state index contributed by atoms with van der Waals surface area (Å²) in [6, 6.07) is 10.0. The molecule has 0 unspecified atom stereocenters. The molecular weight excluding hydrogens is 260 g/mol. The number of hydrogen-bond acceptors (Lipinski definition) is 3. The van der Waals surface area contributed by atoms with Crippen molar-refractivity contribution in [3.05, 3.63) is 48.7 Å². The van der Waals surface area contributed by atoms with Crippen molar-refractivity contribution >= 4 is 11.2 Å². The second-order valence-electron chi connectivity index (χ2n) is 4.75. The zero-order valence-corrected chi connectivity index (χ0v) is 12.0. The third-order valence-electron chi connectivity index (χ3n) is 3.23. The lowest BCUT2D eigenvalue weighted by molar-refractivity contribution is 0.828. The van der Waals surface area contributed by atoms with Crippen molar-refractivity contribution in [2.24, 2.45) is 0 Å². The highest BCUT2D eigenvalue weighted by Crippen LogP contribution is 2.17. The summed E-state index contributed by atoms with van der Waals surface area (Å²) >= 11 is 0. The molecular formula is C17H16N4. The van der Waals surface area contributed by atoms with Gasteiger partial charge in [0.1, 0.15) is 23.9 Å². The van der Waals surface area contributed by atoms with Crippen LogP contribution in [0.25, 0.3) is 16.9 Å². The van der Waals surface area contributed by atoms with E-state index < -0.39 is 0 Å². The molecule has 0 aliphatic carbocycles. The Labute approximate surface area is 123 Å². The topological polar surface area (TPSA) is 43.6 Å². The lowest BCUT2D eigenvalue weighted by Gasteiger charge is -2.02. The van der Waals surface area contributed by atoms with Crippen molar-refractivity contribution in [3.63, 3.8) is 0 Å². The first kappa shape index (κ1) is 13.3. The molecule has 4 nitrogen and oxygen atoms in total. The fraction of sp³-hybridized carbons (Fsp3) is 0.235. The van der Waals surface area contributed by atoms with Crippen LogP contribution < -0.4 is 0 Å². The molecule has 0 N–H and O–H groups in total. The molecule has 0 aliphatic rings. The summed E-state index contributed by atoms with van der Waals surface area (Å²) in [5, 5.41) is 0. The number of fused-ring (bicyclic) bond motifs is 1. The molecule has 0 aliphatic heterocycles. The third kappa shape index (κ3) is 2.77. The van der Waals surface area contributed by atoms with E-state index in [-0.39, 0.29) is 0 Å². The highest BCUT2D eigenvalue weighted by atomic mass is 15.1. The normalized spacial score (nSPS) is 10.3. The fourth-order valence-corrected chi connectivity index (χ4v) is 2.12. The highest BCUT2D eigenvalue weighted by molar-refractivity contribution is 5.78. The second-order valence-corrected chi connectivity index (χ2v) is 4.75. The molecule has 0 bridgehead atoms. The van der Waals surface area contributed by atoms with Gasteiger partial charge in [-0.3, -0.25) is 4.57 Å². The van der Waals surface area contributed by atoms with Crippen LogP contribution in [0.1, 0.15) is 31.9 Å². The highest BCUT2D eigenvalue weighted by Gasteiger charge is 2.09. The number of hydrogen-bond donors (Lipinski definition) is 0. The zero-order chi connectivity index (χ0) is 14.5. The quantitative estimate of drug-likeness (QED) is 0.544. The molecule has 4 heteroatoms. The number of rotatable bonds is 3. The van der Waals surface area contributed by atoms with Crippen LogP contribution in [0.3, 0.4) is 0 Å². The van der Waals surface area contributed by atoms with Gasteiger partial charge in [0.25, 0.3) is 0 Å². The van der Waals surface area contributed by atoms with Crippen molar-refractivity contribution in [2.75, 3.05) is 0 Å². The Balaban J connectivity index is 2.02. The Kier molecular flexibility index (Phi) is 3.92. The summed E-state index contributed by atoms with van der Waals surface area (Å²) in [5.41, 5.74) is 3.27. The molecule has 2 aromatic heterocycles. The number of para-hydroxylation sites is 1. The van der Waals surface area contributed by atoms with Crippen LogP contribution in [-0.2, 0) is 0 Å². The molecule has 0 spiro atoms. The Morgan fingerprint density at radius 2 is 1.95 bits per heavy atom. The first-order valence-corrected chi connectivity index (χ1v) is 7.12. The Bertz CT molecular complexity index is 794. The Hall–Kier alpha value is -2.67. The van der Waals surface area contributed by atoms with Crippen LogP contribution in [-0.4, -0.2) is 19.5 Å². The van der Waals surface area contributed by atoms with E-state index in [4.69, 9.17) is 0 Å². The predicted molar refractivity (Wildman–Crippen MR) is 83.1 cm³/mol. The van der Waals surface area contributed by atoms with Crippen molar-refractivity contribution in [2.45, 2.75) is 26.2 Å². The molecule has 0 fully saturated rings. The fourth-order valence-electron chi connectivity index (χ4n) is 2.12. The molecule has 0 saturated carbocycles. The summed E-state index contributed by atoms with van der Waals surface area (Å²) in [4.78, 5) is 13.0. The molecule has 3 rings (SSSR count). The van der Waals surface area contributed by atoms with Gasteiger partial charge >= 0.3 is 0 Å². The van der Waals surface area contributed by atoms with Gasteiger partial charge in [-0.1, -0.05) is 37.5 Å². The largest absolute Gasteiger partial charge is 0.283 e. The van der Waals surface area contributed by atoms with E-state index >= 15 is 0 Å². The first-order valence-electron chi connectivity index (χ1n) is 7.12. The monoisotopic (exact) mass is 276 g/mol. The van der Waals surface area contributed by atoms with E-state index in [0.717, 1.165) is 36.1 Å². The Morgan fingerprint density at radius 1 is 1.10 bits per heavy atom. The molecule has 0 amide bonds. The minimum atomic E-state index is 0.700. The van der Waals surface area contributed by atoms with Crippen molar-refractivity contribution in [3.8, 4) is 17.5 Å². The average molecular weight is 276 g/mol. The van der Waals surface area contributed by atoms with Gasteiger partial charge in [-0.05, 0) is 24.5 Å². The van der Waals surface area contributed by atoms with Gasteiger partial charge in [0, 0.05) is 12.1 Å². The van der Waals surface area contributed by atoms with Crippen LogP contribution >= 0.6 is 0 Å². The lowest BCUT2D eigenvalue weighted by Crippen LogP contribution is -1.95. The number of aromatic nitrogens is 4. The van der Waals surface area contributed by atoms with Crippen molar-refractivity contribution in [1.29, 1.82) is 0 Å². The molecule has 3 aromatic rings. The van der Waals surface area contributed by atoms with Crippen molar-refractivity contribution in [1.82, 2.24) is 19.5 Å². The standard InChI is InChI=1S/C17H16N4/c1-2-3-4-8-11-15-16-17(19-12-18-15)21(13-20-16)14-9-6-5-7-10-14/h5-7,9-10,12-13H,2-4H2,1H3. The smallest absolute Gasteiger partial charge is 0.169 e. The zero-order valence-electron chi connectivity index (χ0n) is 12.0. The van der Waals surface area contributed by atoms with Gasteiger partial charge in [0.2, 0.25) is 0 Å². The third-order valence-corrected chi connectivity index (χ3v) is 3.23. The average Bonchev–Trinajstić information content (AvgIpc) is 2.97. The number of unbranched alkanes of at least 4 members (excludes halogenated alkanes) is 2. The van der Waals surface area contributed by atoms with Gasteiger partial charge in [0.05, 0.1) is 0 Å². The van der Waals surface area contributed by atoms with Gasteiger partial charge in [0.15, 0.2) is 5.65 Å². The maximum atomic E-state index is 4.43. The molecule has 0 saturated heterocycles. The van der Waals surface area contributed by atoms with Crippen LogP contribution in [0, 0.1) is 11.8 Å². The van der Waals surface area contributed by atoms with Gasteiger partial charge in [-0.2, -0.15) is 0 Å². The Morgan fingerprint density at radius 3 is 2.76 bits per heavy atom. The molecule has 21 heavy (non-hydrogen) atoms. The van der Waals surface area contributed by atoms with E-state index in [2.05, 4.69) is 33.7 Å². The minimum absolute atomic E-state index is 0.700.